The minimum absolute atomic E-state index is 0.368. The summed E-state index contributed by atoms with van der Waals surface area (Å²) in [5.41, 5.74) is 2.31. The summed E-state index contributed by atoms with van der Waals surface area (Å²) in [6.45, 7) is 4.05. The molecular formula is C13H15F3O2. The van der Waals surface area contributed by atoms with Crippen LogP contribution in [-0.4, -0.2) is 24.7 Å². The van der Waals surface area contributed by atoms with E-state index in [1.54, 1.807) is 18.2 Å². The number of Topliss-reactive ketones (excluding diaryl/α,β-unsaturated/α-hetero) is 1. The average Bonchev–Trinajstić information content (AvgIpc) is 2.27. The summed E-state index contributed by atoms with van der Waals surface area (Å²) in [5.74, 6) is -0.450. The van der Waals surface area contributed by atoms with Crippen molar-refractivity contribution in [2.24, 2.45) is 0 Å². The Labute approximate surface area is 104 Å². The number of ketones is 1. The number of hydrogen-bond acceptors (Lipinski definition) is 2. The molecule has 0 spiro atoms. The van der Waals surface area contributed by atoms with Crippen LogP contribution in [0.2, 0.25) is 0 Å². The van der Waals surface area contributed by atoms with E-state index in [9.17, 15) is 18.0 Å². The molecule has 0 bridgehead atoms. The Bertz CT molecular complexity index is 438. The molecule has 5 heteroatoms. The zero-order chi connectivity index (χ0) is 13.9. The third kappa shape index (κ3) is 3.84. The van der Waals surface area contributed by atoms with Gasteiger partial charge in [-0.1, -0.05) is 12.1 Å². The number of alkyl halides is 3. The third-order valence-corrected chi connectivity index (χ3v) is 2.75. The first kappa shape index (κ1) is 14.7. The molecule has 1 unspecified atom stereocenters. The topological polar surface area (TPSA) is 26.3 Å². The van der Waals surface area contributed by atoms with E-state index in [0.29, 0.717) is 5.56 Å². The van der Waals surface area contributed by atoms with Crippen molar-refractivity contribution in [3.63, 3.8) is 0 Å². The second-order valence-electron chi connectivity index (χ2n) is 4.22. The van der Waals surface area contributed by atoms with E-state index < -0.39 is 24.7 Å². The lowest BCUT2D eigenvalue weighted by molar-refractivity contribution is -0.210. The van der Waals surface area contributed by atoms with Gasteiger partial charge in [-0.15, -0.1) is 0 Å². The number of hydrogen-bond donors (Lipinski definition) is 0. The van der Waals surface area contributed by atoms with Gasteiger partial charge in [-0.05, 0) is 38.0 Å². The van der Waals surface area contributed by atoms with E-state index in [0.717, 1.165) is 18.1 Å². The SMILES string of the molecule is Cc1ccc(C(=O)COC(C)C(F)(F)F)cc1C. The number of benzene rings is 1. The lowest BCUT2D eigenvalue weighted by atomic mass is 10.0. The molecule has 0 N–H and O–H groups in total. The van der Waals surface area contributed by atoms with Crippen LogP contribution >= 0.6 is 0 Å². The highest BCUT2D eigenvalue weighted by Crippen LogP contribution is 2.22. The van der Waals surface area contributed by atoms with Crippen LogP contribution in [0, 0.1) is 13.8 Å². The summed E-state index contributed by atoms with van der Waals surface area (Å²) in [6.07, 6.45) is -6.38. The molecule has 18 heavy (non-hydrogen) atoms. The van der Waals surface area contributed by atoms with E-state index in [2.05, 4.69) is 4.74 Å². The number of carbonyl (C=O) groups excluding carboxylic acids is 1. The Hall–Kier alpha value is -1.36. The van der Waals surface area contributed by atoms with Gasteiger partial charge in [0.1, 0.15) is 6.61 Å². The highest BCUT2D eigenvalue weighted by atomic mass is 19.4. The van der Waals surface area contributed by atoms with Crippen LogP contribution in [0.1, 0.15) is 28.4 Å². The molecule has 0 aliphatic heterocycles. The zero-order valence-electron chi connectivity index (χ0n) is 10.5. The van der Waals surface area contributed by atoms with E-state index in [1.165, 1.54) is 0 Å². The summed E-state index contributed by atoms with van der Waals surface area (Å²) in [5, 5.41) is 0. The number of halogens is 3. The van der Waals surface area contributed by atoms with Gasteiger partial charge < -0.3 is 4.74 Å². The molecule has 0 aliphatic carbocycles. The third-order valence-electron chi connectivity index (χ3n) is 2.75. The van der Waals surface area contributed by atoms with Crippen LogP contribution in [0.15, 0.2) is 18.2 Å². The standard InChI is InChI=1S/C13H15F3O2/c1-8-4-5-11(6-9(8)2)12(17)7-18-10(3)13(14,15)16/h4-6,10H,7H2,1-3H3. The molecule has 0 aliphatic rings. The maximum atomic E-state index is 12.2. The largest absolute Gasteiger partial charge is 0.414 e. The van der Waals surface area contributed by atoms with Gasteiger partial charge in [0.05, 0.1) is 0 Å². The number of rotatable bonds is 4. The van der Waals surface area contributed by atoms with Gasteiger partial charge >= 0.3 is 6.18 Å². The van der Waals surface area contributed by atoms with Gasteiger partial charge in [0, 0.05) is 5.56 Å². The lowest BCUT2D eigenvalue weighted by Crippen LogP contribution is -2.30. The highest BCUT2D eigenvalue weighted by molar-refractivity contribution is 5.97. The van der Waals surface area contributed by atoms with Crippen LogP contribution < -0.4 is 0 Å². The second kappa shape index (κ2) is 5.52. The fourth-order valence-corrected chi connectivity index (χ4v) is 1.29. The smallest absolute Gasteiger partial charge is 0.361 e. The van der Waals surface area contributed by atoms with Gasteiger partial charge in [-0.2, -0.15) is 13.2 Å². The molecule has 0 aromatic heterocycles. The molecule has 100 valence electrons. The number of aryl methyl sites for hydroxylation is 2. The van der Waals surface area contributed by atoms with Crippen LogP contribution in [0.5, 0.6) is 0 Å². The number of carbonyl (C=O) groups is 1. The van der Waals surface area contributed by atoms with Gasteiger partial charge in [-0.3, -0.25) is 4.79 Å². The molecule has 0 saturated heterocycles. The summed E-state index contributed by atoms with van der Waals surface area (Å²) in [6, 6.07) is 5.00. The first-order valence-electron chi connectivity index (χ1n) is 5.50. The number of ether oxygens (including phenoxy) is 1. The van der Waals surface area contributed by atoms with Crippen LogP contribution in [0.3, 0.4) is 0 Å². The van der Waals surface area contributed by atoms with Crippen molar-refractivity contribution in [2.45, 2.75) is 33.1 Å². The molecule has 0 fully saturated rings. The normalized spacial score (nSPS) is 13.4. The lowest BCUT2D eigenvalue weighted by Gasteiger charge is -2.15. The van der Waals surface area contributed by atoms with Crippen molar-refractivity contribution in [3.8, 4) is 0 Å². The maximum Gasteiger partial charge on any atom is 0.414 e. The molecule has 0 radical (unpaired) electrons. The minimum Gasteiger partial charge on any atom is -0.361 e. The van der Waals surface area contributed by atoms with Gasteiger partial charge in [-0.25, -0.2) is 0 Å². The first-order valence-corrected chi connectivity index (χ1v) is 5.50. The summed E-state index contributed by atoms with van der Waals surface area (Å²) in [7, 11) is 0. The van der Waals surface area contributed by atoms with E-state index >= 15 is 0 Å². The van der Waals surface area contributed by atoms with Crippen molar-refractivity contribution >= 4 is 5.78 Å². The Balaban J connectivity index is 2.63. The molecule has 1 rings (SSSR count). The summed E-state index contributed by atoms with van der Waals surface area (Å²) in [4.78, 5) is 11.6. The monoisotopic (exact) mass is 260 g/mol. The molecule has 1 atom stereocenters. The maximum absolute atomic E-state index is 12.2. The zero-order valence-corrected chi connectivity index (χ0v) is 10.5. The molecular weight excluding hydrogens is 245 g/mol. The summed E-state index contributed by atoms with van der Waals surface area (Å²) >= 11 is 0. The highest BCUT2D eigenvalue weighted by Gasteiger charge is 2.37. The van der Waals surface area contributed by atoms with Gasteiger partial charge in [0.15, 0.2) is 11.9 Å². The second-order valence-corrected chi connectivity index (χ2v) is 4.22. The van der Waals surface area contributed by atoms with E-state index in [4.69, 9.17) is 0 Å². The summed E-state index contributed by atoms with van der Waals surface area (Å²) < 4.78 is 41.1. The first-order chi connectivity index (χ1) is 8.21. The van der Waals surface area contributed by atoms with Crippen molar-refractivity contribution in [3.05, 3.63) is 34.9 Å². The molecule has 1 aromatic rings. The Kier molecular flexibility index (Phi) is 4.51. The van der Waals surface area contributed by atoms with Crippen molar-refractivity contribution in [2.75, 3.05) is 6.61 Å². The molecule has 2 nitrogen and oxygen atoms in total. The van der Waals surface area contributed by atoms with Crippen LogP contribution in [-0.2, 0) is 4.74 Å². The Morgan fingerprint density at radius 2 is 1.89 bits per heavy atom. The van der Waals surface area contributed by atoms with Crippen LogP contribution in [0.4, 0.5) is 13.2 Å². The van der Waals surface area contributed by atoms with Crippen molar-refractivity contribution in [1.29, 1.82) is 0 Å². The van der Waals surface area contributed by atoms with E-state index in [-0.39, 0.29) is 0 Å². The fourth-order valence-electron chi connectivity index (χ4n) is 1.29. The molecule has 0 heterocycles. The van der Waals surface area contributed by atoms with Crippen LogP contribution in [0.25, 0.3) is 0 Å². The van der Waals surface area contributed by atoms with Gasteiger partial charge in [0.2, 0.25) is 0 Å². The van der Waals surface area contributed by atoms with Crippen molar-refractivity contribution in [1.82, 2.24) is 0 Å². The fraction of sp³-hybridized carbons (Fsp3) is 0.462. The Morgan fingerprint density at radius 1 is 1.28 bits per heavy atom. The average molecular weight is 260 g/mol. The predicted molar refractivity (Wildman–Crippen MR) is 61.7 cm³/mol. The minimum atomic E-state index is -4.44. The molecule has 1 aromatic carbocycles. The van der Waals surface area contributed by atoms with Crippen molar-refractivity contribution < 1.29 is 22.7 Å². The Morgan fingerprint density at radius 3 is 2.39 bits per heavy atom. The predicted octanol–water partition coefficient (Wildman–Crippen LogP) is 3.45. The van der Waals surface area contributed by atoms with E-state index in [1.807, 2.05) is 13.8 Å². The quantitative estimate of drug-likeness (QED) is 0.775. The molecule has 0 amide bonds. The molecule has 0 saturated carbocycles. The van der Waals surface area contributed by atoms with Gasteiger partial charge in [0.25, 0.3) is 0 Å².